The topological polar surface area (TPSA) is 58.2 Å². The number of hydrogen-bond donors (Lipinski definition) is 0. The van der Waals surface area contributed by atoms with Crippen molar-refractivity contribution in [2.75, 3.05) is 0 Å². The highest BCUT2D eigenvalue weighted by molar-refractivity contribution is 5.98. The van der Waals surface area contributed by atoms with Crippen LogP contribution in [0.3, 0.4) is 0 Å². The Balaban J connectivity index is 1.77. The monoisotopic (exact) mass is 489 g/mol. The molecule has 6 heteroatoms. The van der Waals surface area contributed by atoms with Crippen molar-refractivity contribution in [3.8, 4) is 22.7 Å². The highest BCUT2D eigenvalue weighted by Crippen LogP contribution is 2.45. The Morgan fingerprint density at radius 3 is 2.27 bits per heavy atom. The molecule has 1 atom stereocenters. The third-order valence-electron chi connectivity index (χ3n) is 7.08. The summed E-state index contributed by atoms with van der Waals surface area (Å²) in [6.07, 6.45) is 3.48. The Labute approximate surface area is 214 Å². The van der Waals surface area contributed by atoms with Crippen molar-refractivity contribution < 1.29 is 4.74 Å². The molecule has 3 aromatic carbocycles. The van der Waals surface area contributed by atoms with Crippen LogP contribution in [-0.4, -0.2) is 13.7 Å². The molecular weight excluding hydrogens is 462 g/mol. The van der Waals surface area contributed by atoms with E-state index in [0.717, 1.165) is 45.1 Å². The number of ether oxygens (including phenoxy) is 1. The molecule has 6 nitrogen and oxygen atoms in total. The smallest absolute Gasteiger partial charge is 0.331 e. The first kappa shape index (κ1) is 22.9. The Morgan fingerprint density at radius 1 is 0.838 bits per heavy atom. The fourth-order valence-corrected chi connectivity index (χ4v) is 5.18. The zero-order chi connectivity index (χ0) is 25.8. The van der Waals surface area contributed by atoms with E-state index in [1.165, 1.54) is 11.6 Å². The third-order valence-corrected chi connectivity index (χ3v) is 7.08. The van der Waals surface area contributed by atoms with Gasteiger partial charge in [0.25, 0.3) is 5.56 Å². The third kappa shape index (κ3) is 3.56. The van der Waals surface area contributed by atoms with E-state index in [9.17, 15) is 9.59 Å². The van der Waals surface area contributed by atoms with Crippen molar-refractivity contribution in [1.82, 2.24) is 13.7 Å². The van der Waals surface area contributed by atoms with Gasteiger partial charge < -0.3 is 9.30 Å². The first-order valence-electron chi connectivity index (χ1n) is 12.3. The lowest BCUT2D eigenvalue weighted by Crippen LogP contribution is -2.37. The molecule has 0 spiro atoms. The van der Waals surface area contributed by atoms with Crippen molar-refractivity contribution in [3.63, 3.8) is 0 Å². The van der Waals surface area contributed by atoms with E-state index in [-0.39, 0.29) is 11.2 Å². The fourth-order valence-electron chi connectivity index (χ4n) is 5.18. The number of hydrogen-bond acceptors (Lipinski definition) is 3. The van der Waals surface area contributed by atoms with Gasteiger partial charge in [0.15, 0.2) is 6.10 Å². The molecule has 0 N–H and O–H groups in total. The second-order valence-corrected chi connectivity index (χ2v) is 9.64. The van der Waals surface area contributed by atoms with Crippen molar-refractivity contribution in [3.05, 3.63) is 122 Å². The minimum absolute atomic E-state index is 0.324. The summed E-state index contributed by atoms with van der Waals surface area (Å²) in [7, 11) is 3.24. The molecule has 5 aromatic rings. The molecule has 1 aliphatic rings. The molecule has 1 aliphatic heterocycles. The van der Waals surface area contributed by atoms with Crippen LogP contribution in [-0.2, 0) is 14.1 Å². The summed E-state index contributed by atoms with van der Waals surface area (Å²) < 4.78 is 11.4. The average Bonchev–Trinajstić information content (AvgIpc) is 3.27. The van der Waals surface area contributed by atoms with Gasteiger partial charge in [-0.2, -0.15) is 0 Å². The molecule has 0 aliphatic carbocycles. The molecule has 0 amide bonds. The molecule has 1 unspecified atom stereocenters. The Morgan fingerprint density at radius 2 is 1.54 bits per heavy atom. The standard InChI is InChI=1S/C31H27N3O3/c1-19-10-14-22(15-11-19)27-26-29(32(3)31(36)33(4)30(26)35)28-25(17-13-21-8-6-5-7-9-21)37-24-16-12-20(2)18-23(24)34(27)28/h5-18,25H,1-4H3. The van der Waals surface area contributed by atoms with Gasteiger partial charge >= 0.3 is 5.69 Å². The predicted octanol–water partition coefficient (Wildman–Crippen LogP) is 5.46. The number of rotatable bonds is 3. The summed E-state index contributed by atoms with van der Waals surface area (Å²) >= 11 is 0. The van der Waals surface area contributed by atoms with E-state index in [4.69, 9.17) is 4.74 Å². The lowest BCUT2D eigenvalue weighted by atomic mass is 10.1. The van der Waals surface area contributed by atoms with E-state index < -0.39 is 6.10 Å². The molecule has 0 fully saturated rings. The van der Waals surface area contributed by atoms with E-state index >= 15 is 0 Å². The highest BCUT2D eigenvalue weighted by Gasteiger charge is 2.34. The van der Waals surface area contributed by atoms with Gasteiger partial charge in [0.1, 0.15) is 5.75 Å². The maximum absolute atomic E-state index is 13.7. The number of aromatic nitrogens is 3. The van der Waals surface area contributed by atoms with Gasteiger partial charge in [0.05, 0.1) is 28.0 Å². The zero-order valence-electron chi connectivity index (χ0n) is 21.2. The van der Waals surface area contributed by atoms with Gasteiger partial charge in [0.2, 0.25) is 0 Å². The van der Waals surface area contributed by atoms with Gasteiger partial charge in [-0.3, -0.25) is 13.9 Å². The summed E-state index contributed by atoms with van der Waals surface area (Å²) in [6, 6.07) is 24.2. The Kier molecular flexibility index (Phi) is 5.26. The lowest BCUT2D eigenvalue weighted by molar-refractivity contribution is 0.238. The van der Waals surface area contributed by atoms with Gasteiger partial charge in [-0.25, -0.2) is 4.79 Å². The maximum Gasteiger partial charge on any atom is 0.331 e. The second-order valence-electron chi connectivity index (χ2n) is 9.64. The van der Waals surface area contributed by atoms with Crippen LogP contribution in [0, 0.1) is 13.8 Å². The molecular formula is C31H27N3O3. The van der Waals surface area contributed by atoms with Crippen LogP contribution in [0.5, 0.6) is 5.75 Å². The number of fused-ring (bicyclic) bond motifs is 5. The van der Waals surface area contributed by atoms with Crippen molar-refractivity contribution in [1.29, 1.82) is 0 Å². The van der Waals surface area contributed by atoms with E-state index in [2.05, 4.69) is 10.6 Å². The Hall–Kier alpha value is -4.58. The van der Waals surface area contributed by atoms with Crippen LogP contribution in [0.15, 0.2) is 88.5 Å². The molecule has 6 rings (SSSR count). The summed E-state index contributed by atoms with van der Waals surface area (Å²) in [6.45, 7) is 4.07. The molecule has 3 heterocycles. The van der Waals surface area contributed by atoms with Crippen LogP contribution < -0.4 is 16.0 Å². The van der Waals surface area contributed by atoms with E-state index in [1.54, 1.807) is 11.6 Å². The normalized spacial score (nSPS) is 14.5. The molecule has 0 saturated heterocycles. The highest BCUT2D eigenvalue weighted by atomic mass is 16.5. The minimum Gasteiger partial charge on any atom is -0.478 e. The average molecular weight is 490 g/mol. The molecule has 2 aromatic heterocycles. The Bertz CT molecular complexity index is 1820. The van der Waals surface area contributed by atoms with Crippen molar-refractivity contribution >= 4 is 17.0 Å². The van der Waals surface area contributed by atoms with E-state index in [1.807, 2.05) is 92.7 Å². The van der Waals surface area contributed by atoms with Gasteiger partial charge in [-0.15, -0.1) is 0 Å². The van der Waals surface area contributed by atoms with Crippen LogP contribution >= 0.6 is 0 Å². The molecule has 0 radical (unpaired) electrons. The zero-order valence-corrected chi connectivity index (χ0v) is 21.2. The number of nitrogens with zero attached hydrogens (tertiary/aromatic N) is 3. The van der Waals surface area contributed by atoms with Gasteiger partial charge in [-0.05, 0) is 48.7 Å². The summed E-state index contributed by atoms with van der Waals surface area (Å²) in [4.78, 5) is 26.8. The summed E-state index contributed by atoms with van der Waals surface area (Å²) in [5.41, 5.74) is 6.38. The van der Waals surface area contributed by atoms with Gasteiger partial charge in [0, 0.05) is 14.1 Å². The largest absolute Gasteiger partial charge is 0.478 e. The lowest BCUT2D eigenvalue weighted by Gasteiger charge is -2.28. The van der Waals surface area contributed by atoms with Crippen molar-refractivity contribution in [2.45, 2.75) is 20.0 Å². The predicted molar refractivity (Wildman–Crippen MR) is 148 cm³/mol. The number of benzene rings is 3. The SMILES string of the molecule is Cc1ccc(-c2c3c(=O)n(C)c(=O)n(C)c3c3n2-c2cc(C)ccc2OC3C=Cc2ccccc2)cc1. The van der Waals surface area contributed by atoms with Crippen LogP contribution in [0.2, 0.25) is 0 Å². The van der Waals surface area contributed by atoms with Crippen LogP contribution in [0.1, 0.15) is 28.5 Å². The second kappa shape index (κ2) is 8.52. The minimum atomic E-state index is -0.519. The fraction of sp³-hybridized carbons (Fsp3) is 0.161. The summed E-state index contributed by atoms with van der Waals surface area (Å²) in [5, 5.41) is 0.500. The maximum atomic E-state index is 13.7. The number of aryl methyl sites for hydroxylation is 3. The molecule has 0 saturated carbocycles. The van der Waals surface area contributed by atoms with Crippen LogP contribution in [0.25, 0.3) is 33.9 Å². The van der Waals surface area contributed by atoms with Crippen molar-refractivity contribution in [2.24, 2.45) is 14.1 Å². The quantitative estimate of drug-likeness (QED) is 0.338. The molecule has 37 heavy (non-hydrogen) atoms. The molecule has 184 valence electrons. The van der Waals surface area contributed by atoms with Crippen LogP contribution in [0.4, 0.5) is 0 Å². The van der Waals surface area contributed by atoms with Gasteiger partial charge in [-0.1, -0.05) is 72.3 Å². The first-order chi connectivity index (χ1) is 17.8. The first-order valence-corrected chi connectivity index (χ1v) is 12.3. The van der Waals surface area contributed by atoms with E-state index in [0.29, 0.717) is 10.9 Å². The summed E-state index contributed by atoms with van der Waals surface area (Å²) in [5.74, 6) is 0.719. The molecule has 0 bridgehead atoms.